The summed E-state index contributed by atoms with van der Waals surface area (Å²) < 4.78 is 0. The predicted octanol–water partition coefficient (Wildman–Crippen LogP) is 2.21. The molecule has 0 saturated heterocycles. The van der Waals surface area contributed by atoms with Crippen LogP contribution >= 0.6 is 0 Å². The lowest BCUT2D eigenvalue weighted by Gasteiger charge is -2.35. The minimum absolute atomic E-state index is 0.124. The van der Waals surface area contributed by atoms with Crippen molar-refractivity contribution >= 4 is 0 Å². The third-order valence-corrected chi connectivity index (χ3v) is 4.97. The molecule has 20 heavy (non-hydrogen) atoms. The van der Waals surface area contributed by atoms with Crippen molar-refractivity contribution in [3.05, 3.63) is 35.9 Å². The molecule has 1 saturated carbocycles. The zero-order valence-electron chi connectivity index (χ0n) is 13.0. The molecule has 3 nitrogen and oxygen atoms in total. The van der Waals surface area contributed by atoms with Crippen molar-refractivity contribution < 1.29 is 5.11 Å². The summed E-state index contributed by atoms with van der Waals surface area (Å²) in [7, 11) is 4.14. The van der Waals surface area contributed by atoms with Crippen LogP contribution in [-0.2, 0) is 5.54 Å². The van der Waals surface area contributed by atoms with Crippen molar-refractivity contribution in [3.63, 3.8) is 0 Å². The maximum absolute atomic E-state index is 9.92. The van der Waals surface area contributed by atoms with Crippen molar-refractivity contribution in [2.75, 3.05) is 27.2 Å². The van der Waals surface area contributed by atoms with Gasteiger partial charge in [0.2, 0.25) is 0 Å². The number of aliphatic hydroxyl groups excluding tert-OH is 1. The first-order chi connectivity index (χ1) is 9.63. The van der Waals surface area contributed by atoms with E-state index >= 15 is 0 Å². The molecule has 112 valence electrons. The lowest BCUT2D eigenvalue weighted by atomic mass is 9.87. The van der Waals surface area contributed by atoms with Crippen LogP contribution < -0.4 is 5.32 Å². The lowest BCUT2D eigenvalue weighted by molar-refractivity contribution is 0.132. The second-order valence-corrected chi connectivity index (χ2v) is 6.16. The summed E-state index contributed by atoms with van der Waals surface area (Å²) in [5.74, 6) is 0.884. The van der Waals surface area contributed by atoms with Crippen LogP contribution in [0.5, 0.6) is 0 Å². The molecule has 2 atom stereocenters. The molecular formula is C17H28N2O. The normalized spacial score (nSPS) is 19.9. The zero-order chi connectivity index (χ0) is 14.6. The Hall–Kier alpha value is -0.900. The van der Waals surface area contributed by atoms with E-state index in [2.05, 4.69) is 36.3 Å². The number of nitrogens with one attached hydrogen (secondary N) is 1. The van der Waals surface area contributed by atoms with E-state index < -0.39 is 0 Å². The fraction of sp³-hybridized carbons (Fsp3) is 0.647. The number of hydrogen-bond donors (Lipinski definition) is 2. The quantitative estimate of drug-likeness (QED) is 0.764. The van der Waals surface area contributed by atoms with Gasteiger partial charge in [-0.15, -0.1) is 0 Å². The molecule has 0 bridgehead atoms. The molecule has 0 radical (unpaired) electrons. The zero-order valence-corrected chi connectivity index (χ0v) is 13.0. The topological polar surface area (TPSA) is 35.5 Å². The highest BCUT2D eigenvalue weighted by atomic mass is 16.3. The summed E-state index contributed by atoms with van der Waals surface area (Å²) in [6, 6.07) is 10.9. The number of rotatable bonds is 8. The van der Waals surface area contributed by atoms with Gasteiger partial charge >= 0.3 is 0 Å². The third kappa shape index (κ3) is 3.40. The van der Waals surface area contributed by atoms with Crippen LogP contribution in [0.1, 0.15) is 31.7 Å². The van der Waals surface area contributed by atoms with Crippen LogP contribution in [0.15, 0.2) is 30.3 Å². The largest absolute Gasteiger partial charge is 0.394 e. The Morgan fingerprint density at radius 1 is 1.35 bits per heavy atom. The van der Waals surface area contributed by atoms with Gasteiger partial charge in [-0.25, -0.2) is 0 Å². The van der Waals surface area contributed by atoms with Crippen LogP contribution in [0.2, 0.25) is 0 Å². The van der Waals surface area contributed by atoms with Gasteiger partial charge in [0.15, 0.2) is 0 Å². The lowest BCUT2D eigenvalue weighted by Crippen LogP contribution is -2.46. The molecule has 0 spiro atoms. The summed E-state index contributed by atoms with van der Waals surface area (Å²) in [5, 5.41) is 13.3. The molecule has 3 heteroatoms. The van der Waals surface area contributed by atoms with Gasteiger partial charge in [0.1, 0.15) is 0 Å². The summed E-state index contributed by atoms with van der Waals surface area (Å²) >= 11 is 0. The molecule has 0 amide bonds. The molecule has 2 unspecified atom stereocenters. The van der Waals surface area contributed by atoms with Gasteiger partial charge in [-0.3, -0.25) is 0 Å². The fourth-order valence-corrected chi connectivity index (χ4v) is 2.93. The Balaban J connectivity index is 2.01. The number of benzene rings is 1. The van der Waals surface area contributed by atoms with E-state index in [1.54, 1.807) is 0 Å². The van der Waals surface area contributed by atoms with Gasteiger partial charge < -0.3 is 15.3 Å². The summed E-state index contributed by atoms with van der Waals surface area (Å²) in [6.45, 7) is 3.44. The first-order valence-corrected chi connectivity index (χ1v) is 7.68. The smallest absolute Gasteiger partial charge is 0.0678 e. The standard InChI is InChI=1S/C17H28N2O/c1-14(15-9-10-15)19(3)12-11-17(13-20,18-2)16-7-5-4-6-8-16/h4-8,14-15,18,20H,9-13H2,1-3H3. The average molecular weight is 276 g/mol. The maximum atomic E-state index is 9.92. The number of hydrogen-bond acceptors (Lipinski definition) is 3. The van der Waals surface area contributed by atoms with Gasteiger partial charge in [0.25, 0.3) is 0 Å². The van der Waals surface area contributed by atoms with E-state index in [-0.39, 0.29) is 12.1 Å². The SMILES string of the molecule is CNC(CO)(CCN(C)C(C)C1CC1)c1ccccc1. The first kappa shape index (κ1) is 15.5. The summed E-state index contributed by atoms with van der Waals surface area (Å²) in [6.07, 6.45) is 3.67. The Bertz CT molecular complexity index is 399. The molecule has 1 aliphatic rings. The van der Waals surface area contributed by atoms with Crippen molar-refractivity contribution in [1.82, 2.24) is 10.2 Å². The molecule has 1 aromatic carbocycles. The average Bonchev–Trinajstić information content (AvgIpc) is 3.33. The molecule has 0 aliphatic heterocycles. The predicted molar refractivity (Wildman–Crippen MR) is 83.7 cm³/mol. The van der Waals surface area contributed by atoms with Gasteiger partial charge in [0.05, 0.1) is 12.1 Å². The van der Waals surface area contributed by atoms with Crippen LogP contribution in [-0.4, -0.2) is 43.3 Å². The van der Waals surface area contributed by atoms with Gasteiger partial charge in [-0.1, -0.05) is 30.3 Å². The molecule has 2 N–H and O–H groups in total. The van der Waals surface area contributed by atoms with Crippen LogP contribution in [0, 0.1) is 5.92 Å². The summed E-state index contributed by atoms with van der Waals surface area (Å²) in [4.78, 5) is 2.43. The first-order valence-electron chi connectivity index (χ1n) is 7.68. The molecule has 0 heterocycles. The monoisotopic (exact) mass is 276 g/mol. The van der Waals surface area contributed by atoms with Crippen molar-refractivity contribution in [2.45, 2.75) is 37.8 Å². The molecule has 0 aromatic heterocycles. The third-order valence-electron chi connectivity index (χ3n) is 4.97. The van der Waals surface area contributed by atoms with E-state index in [0.29, 0.717) is 6.04 Å². The van der Waals surface area contributed by atoms with E-state index in [0.717, 1.165) is 24.4 Å². The molecule has 1 fully saturated rings. The highest BCUT2D eigenvalue weighted by Crippen LogP contribution is 2.35. The van der Waals surface area contributed by atoms with E-state index in [9.17, 15) is 5.11 Å². The van der Waals surface area contributed by atoms with Gasteiger partial charge in [-0.2, -0.15) is 0 Å². The Morgan fingerprint density at radius 3 is 2.50 bits per heavy atom. The molecule has 2 rings (SSSR count). The molecular weight excluding hydrogens is 248 g/mol. The Morgan fingerprint density at radius 2 is 2.00 bits per heavy atom. The number of likely N-dealkylation sites (N-methyl/N-ethyl adjacent to an activating group) is 1. The van der Waals surface area contributed by atoms with Crippen LogP contribution in [0.25, 0.3) is 0 Å². The second-order valence-electron chi connectivity index (χ2n) is 6.16. The highest BCUT2D eigenvalue weighted by Gasteiger charge is 2.33. The minimum atomic E-state index is -0.335. The van der Waals surface area contributed by atoms with Crippen LogP contribution in [0.3, 0.4) is 0 Å². The molecule has 1 aromatic rings. The van der Waals surface area contributed by atoms with Crippen molar-refractivity contribution in [2.24, 2.45) is 5.92 Å². The van der Waals surface area contributed by atoms with E-state index in [1.807, 2.05) is 25.2 Å². The minimum Gasteiger partial charge on any atom is -0.394 e. The van der Waals surface area contributed by atoms with Gasteiger partial charge in [-0.05, 0) is 51.8 Å². The van der Waals surface area contributed by atoms with Crippen LogP contribution in [0.4, 0.5) is 0 Å². The number of nitrogens with zero attached hydrogens (tertiary/aromatic N) is 1. The summed E-state index contributed by atoms with van der Waals surface area (Å²) in [5.41, 5.74) is 0.830. The van der Waals surface area contributed by atoms with E-state index in [4.69, 9.17) is 0 Å². The Kier molecular flexibility index (Phi) is 5.19. The number of aliphatic hydroxyl groups is 1. The molecule has 1 aliphatic carbocycles. The van der Waals surface area contributed by atoms with Crippen molar-refractivity contribution in [3.8, 4) is 0 Å². The van der Waals surface area contributed by atoms with Crippen molar-refractivity contribution in [1.29, 1.82) is 0 Å². The maximum Gasteiger partial charge on any atom is 0.0678 e. The Labute approximate surface area is 123 Å². The van der Waals surface area contributed by atoms with Gasteiger partial charge in [0, 0.05) is 12.6 Å². The highest BCUT2D eigenvalue weighted by molar-refractivity contribution is 5.24. The fourth-order valence-electron chi connectivity index (χ4n) is 2.93. The second kappa shape index (κ2) is 6.70. The van der Waals surface area contributed by atoms with E-state index in [1.165, 1.54) is 12.8 Å².